The highest BCUT2D eigenvalue weighted by molar-refractivity contribution is 6.09. The fraction of sp³-hybridized carbons (Fsp3) is 0.190. The highest BCUT2D eigenvalue weighted by Gasteiger charge is 2.39. The van der Waals surface area contributed by atoms with Crippen LogP contribution >= 0.6 is 0 Å². The van der Waals surface area contributed by atoms with Gasteiger partial charge in [0.05, 0.1) is 39.0 Å². The van der Waals surface area contributed by atoms with E-state index < -0.39 is 17.7 Å². The molecule has 0 aliphatic carbocycles. The van der Waals surface area contributed by atoms with Gasteiger partial charge in [-0.25, -0.2) is 0 Å². The Morgan fingerprint density at radius 3 is 2.00 bits per heavy atom. The first-order chi connectivity index (χ1) is 24.4. The van der Waals surface area contributed by atoms with E-state index in [-0.39, 0.29) is 19.1 Å². The Morgan fingerprint density at radius 2 is 1.40 bits per heavy atom. The lowest BCUT2D eigenvalue weighted by Gasteiger charge is -2.37. The molecule has 0 spiro atoms. The minimum atomic E-state index is -1.11. The van der Waals surface area contributed by atoms with Crippen molar-refractivity contribution in [3.8, 4) is 17.6 Å². The lowest BCUT2D eigenvalue weighted by molar-refractivity contribution is -0.124. The number of aromatic nitrogens is 1. The molecule has 0 saturated carbocycles. The van der Waals surface area contributed by atoms with Crippen LogP contribution in [0.2, 0.25) is 0 Å². The molecule has 0 radical (unpaired) electrons. The minimum absolute atomic E-state index is 0.00186. The SMILES string of the molecule is COc1ccc(C(OC[C@@H](NC(=O)Cn2c3ccccc3c3cc(/C=C/C#N)ccc32)[C@@H](C)O)(c2ccccc2)c2ccc(OC)cc2)cc1. The third kappa shape index (κ3) is 6.83. The van der Waals surface area contributed by atoms with Gasteiger partial charge in [-0.2, -0.15) is 5.26 Å². The van der Waals surface area contributed by atoms with Gasteiger partial charge >= 0.3 is 0 Å². The fourth-order valence-corrected chi connectivity index (χ4v) is 6.47. The lowest BCUT2D eigenvalue weighted by Crippen LogP contribution is -2.48. The number of ether oxygens (including phenoxy) is 3. The number of rotatable bonds is 13. The normalized spacial score (nSPS) is 12.9. The molecule has 0 fully saturated rings. The second-order valence-electron chi connectivity index (χ2n) is 12.1. The van der Waals surface area contributed by atoms with Crippen molar-refractivity contribution in [2.45, 2.75) is 31.2 Å². The number of methoxy groups -OCH3 is 2. The van der Waals surface area contributed by atoms with Crippen LogP contribution in [0.15, 0.2) is 127 Å². The number of nitrogens with one attached hydrogen (secondary N) is 1. The summed E-state index contributed by atoms with van der Waals surface area (Å²) in [6.45, 7) is 1.68. The second-order valence-corrected chi connectivity index (χ2v) is 12.1. The number of para-hydroxylation sites is 1. The number of nitrogens with zero attached hydrogens (tertiary/aromatic N) is 2. The van der Waals surface area contributed by atoms with Crippen LogP contribution < -0.4 is 14.8 Å². The number of aliphatic hydroxyl groups is 1. The van der Waals surface area contributed by atoms with Crippen molar-refractivity contribution in [1.82, 2.24) is 9.88 Å². The summed E-state index contributed by atoms with van der Waals surface area (Å²) < 4.78 is 19.9. The molecular weight excluding hydrogens is 626 g/mol. The van der Waals surface area contributed by atoms with Crippen molar-refractivity contribution >= 4 is 33.8 Å². The van der Waals surface area contributed by atoms with Gasteiger partial charge in [0.15, 0.2) is 0 Å². The van der Waals surface area contributed by atoms with Gasteiger partial charge in [0.2, 0.25) is 5.91 Å². The third-order valence-electron chi connectivity index (χ3n) is 9.03. The maximum Gasteiger partial charge on any atom is 0.240 e. The molecule has 1 aromatic heterocycles. The zero-order valence-corrected chi connectivity index (χ0v) is 28.2. The number of nitriles is 1. The van der Waals surface area contributed by atoms with E-state index in [1.54, 1.807) is 27.2 Å². The van der Waals surface area contributed by atoms with Gasteiger partial charge in [-0.15, -0.1) is 0 Å². The van der Waals surface area contributed by atoms with Gasteiger partial charge in [-0.05, 0) is 77.7 Å². The summed E-state index contributed by atoms with van der Waals surface area (Å²) in [6.07, 6.45) is 2.28. The lowest BCUT2D eigenvalue weighted by atomic mass is 9.80. The van der Waals surface area contributed by atoms with Crippen molar-refractivity contribution in [3.05, 3.63) is 150 Å². The van der Waals surface area contributed by atoms with Crippen LogP contribution in [0.5, 0.6) is 11.5 Å². The summed E-state index contributed by atoms with van der Waals surface area (Å²) in [7, 11) is 3.25. The van der Waals surface area contributed by atoms with Crippen LogP contribution in [0.1, 0.15) is 29.2 Å². The molecule has 6 aromatic rings. The molecule has 50 heavy (non-hydrogen) atoms. The molecule has 0 bridgehead atoms. The Balaban J connectivity index is 1.34. The van der Waals surface area contributed by atoms with E-state index in [9.17, 15) is 9.90 Å². The maximum atomic E-state index is 13.8. The highest BCUT2D eigenvalue weighted by atomic mass is 16.5. The fourth-order valence-electron chi connectivity index (χ4n) is 6.47. The van der Waals surface area contributed by atoms with E-state index in [2.05, 4.69) is 5.32 Å². The Kier molecular flexibility index (Phi) is 10.3. The molecule has 0 saturated heterocycles. The predicted molar refractivity (Wildman–Crippen MR) is 196 cm³/mol. The van der Waals surface area contributed by atoms with Crippen LogP contribution in [0.25, 0.3) is 27.9 Å². The van der Waals surface area contributed by atoms with Gasteiger partial charge in [0.1, 0.15) is 23.6 Å². The van der Waals surface area contributed by atoms with Crippen LogP contribution in [0.3, 0.4) is 0 Å². The van der Waals surface area contributed by atoms with Gasteiger partial charge < -0.3 is 29.2 Å². The zero-order chi connectivity index (χ0) is 35.1. The molecule has 8 heteroatoms. The quantitative estimate of drug-likeness (QED) is 0.0997. The Hall–Kier alpha value is -5.88. The van der Waals surface area contributed by atoms with Crippen LogP contribution in [0, 0.1) is 11.3 Å². The molecule has 0 aliphatic rings. The molecule has 1 amide bonds. The third-order valence-corrected chi connectivity index (χ3v) is 9.03. The van der Waals surface area contributed by atoms with E-state index in [1.165, 1.54) is 6.08 Å². The Morgan fingerprint density at radius 1 is 0.820 bits per heavy atom. The molecule has 2 atom stereocenters. The first-order valence-corrected chi connectivity index (χ1v) is 16.4. The first kappa shape index (κ1) is 34.0. The standard InChI is InChI=1S/C42H39N3O5/c1-29(46)38(44-41(47)27-45-39-14-8-7-13-36(39)37-26-30(10-9-25-43)15-24-40(37)45)28-50-42(31-11-5-4-6-12-31,32-16-20-34(48-2)21-17-32)33-18-22-35(49-3)23-19-33/h4-24,26,29,38,46H,27-28H2,1-3H3,(H,44,47)/b10-9+/t29-,38-/m1/s1. The zero-order valence-electron chi connectivity index (χ0n) is 28.2. The average molecular weight is 666 g/mol. The van der Waals surface area contributed by atoms with Gasteiger partial charge in [0.25, 0.3) is 0 Å². The summed E-state index contributed by atoms with van der Waals surface area (Å²) in [4.78, 5) is 13.8. The number of fused-ring (bicyclic) bond motifs is 3. The van der Waals surface area contributed by atoms with Crippen molar-refractivity contribution in [3.63, 3.8) is 0 Å². The number of allylic oxidation sites excluding steroid dienone is 1. The number of aliphatic hydroxyl groups excluding tert-OH is 1. The second kappa shape index (κ2) is 15.1. The molecule has 1 heterocycles. The first-order valence-electron chi connectivity index (χ1n) is 16.4. The largest absolute Gasteiger partial charge is 0.497 e. The smallest absolute Gasteiger partial charge is 0.240 e. The van der Waals surface area contributed by atoms with Crippen LogP contribution in [-0.2, 0) is 21.7 Å². The molecule has 5 aromatic carbocycles. The van der Waals surface area contributed by atoms with E-state index in [0.717, 1.165) is 44.1 Å². The van der Waals surface area contributed by atoms with Gasteiger partial charge in [0, 0.05) is 27.9 Å². The number of hydrogen-bond acceptors (Lipinski definition) is 6. The number of amides is 1. The number of carbonyl (C=O) groups is 1. The summed E-state index contributed by atoms with van der Waals surface area (Å²) >= 11 is 0. The van der Waals surface area contributed by atoms with Gasteiger partial charge in [-0.3, -0.25) is 4.79 Å². The summed E-state index contributed by atoms with van der Waals surface area (Å²) in [5.41, 5.74) is 4.16. The van der Waals surface area contributed by atoms with Crippen LogP contribution in [-0.4, -0.2) is 48.6 Å². The molecule has 8 nitrogen and oxygen atoms in total. The monoisotopic (exact) mass is 665 g/mol. The van der Waals surface area contributed by atoms with E-state index in [0.29, 0.717) is 11.5 Å². The average Bonchev–Trinajstić information content (AvgIpc) is 3.46. The van der Waals surface area contributed by atoms with E-state index in [1.807, 2.05) is 132 Å². The summed E-state index contributed by atoms with van der Waals surface area (Å²) in [5.74, 6) is 1.15. The molecule has 6 rings (SSSR count). The number of carbonyl (C=O) groups excluding carboxylic acids is 1. The topological polar surface area (TPSA) is 106 Å². The molecule has 0 unspecified atom stereocenters. The van der Waals surface area contributed by atoms with Crippen molar-refractivity contribution in [2.75, 3.05) is 20.8 Å². The minimum Gasteiger partial charge on any atom is -0.497 e. The molecule has 252 valence electrons. The predicted octanol–water partition coefficient (Wildman–Crippen LogP) is 7.22. The van der Waals surface area contributed by atoms with E-state index >= 15 is 0 Å². The number of hydrogen-bond donors (Lipinski definition) is 2. The molecular formula is C42H39N3O5. The van der Waals surface area contributed by atoms with Crippen molar-refractivity contribution in [1.29, 1.82) is 5.26 Å². The molecule has 2 N–H and O–H groups in total. The maximum absolute atomic E-state index is 13.8. The summed E-state index contributed by atoms with van der Waals surface area (Å²) in [6, 6.07) is 40.5. The van der Waals surface area contributed by atoms with Gasteiger partial charge in [-0.1, -0.05) is 78.9 Å². The molecule has 0 aliphatic heterocycles. The summed E-state index contributed by atoms with van der Waals surface area (Å²) in [5, 5.41) is 25.1. The number of benzene rings is 5. The van der Waals surface area contributed by atoms with Crippen molar-refractivity contribution < 1.29 is 24.1 Å². The Bertz CT molecular complexity index is 2100. The highest BCUT2D eigenvalue weighted by Crippen LogP contribution is 2.42. The Labute approximate surface area is 291 Å². The van der Waals surface area contributed by atoms with E-state index in [4.69, 9.17) is 19.5 Å². The van der Waals surface area contributed by atoms with Crippen molar-refractivity contribution in [2.24, 2.45) is 0 Å². The van der Waals surface area contributed by atoms with Crippen LogP contribution in [0.4, 0.5) is 0 Å².